The van der Waals surface area contributed by atoms with E-state index in [-0.39, 0.29) is 35.5 Å². The van der Waals surface area contributed by atoms with Gasteiger partial charge in [-0.1, -0.05) is 0 Å². The molecule has 2 aromatic carbocycles. The second kappa shape index (κ2) is 12.4. The number of urea groups is 1. The molecule has 12 nitrogen and oxygen atoms in total. The van der Waals surface area contributed by atoms with Crippen molar-refractivity contribution in [2.45, 2.75) is 25.0 Å². The lowest BCUT2D eigenvalue weighted by atomic mass is 10.0. The number of ether oxygens (including phenoxy) is 5. The van der Waals surface area contributed by atoms with Gasteiger partial charge in [-0.25, -0.2) is 19.2 Å². The van der Waals surface area contributed by atoms with E-state index in [1.54, 1.807) is 41.2 Å². The molecule has 0 bridgehead atoms. The minimum absolute atomic E-state index is 0.0684. The second-order valence-corrected chi connectivity index (χ2v) is 9.08. The van der Waals surface area contributed by atoms with Gasteiger partial charge in [0.25, 0.3) is 0 Å². The number of piperidine rings is 1. The number of benzene rings is 2. The van der Waals surface area contributed by atoms with Crippen molar-refractivity contribution in [2.24, 2.45) is 0 Å². The van der Waals surface area contributed by atoms with Crippen LogP contribution in [0.2, 0.25) is 0 Å². The van der Waals surface area contributed by atoms with E-state index in [1.165, 1.54) is 32.4 Å². The van der Waals surface area contributed by atoms with Crippen LogP contribution in [0.1, 0.15) is 33.6 Å². The molecule has 0 radical (unpaired) electrons. The van der Waals surface area contributed by atoms with Crippen molar-refractivity contribution in [1.29, 1.82) is 0 Å². The highest BCUT2D eigenvalue weighted by molar-refractivity contribution is 5.99. The number of hydrogen-bond acceptors (Lipinski definition) is 9. The molecule has 2 heterocycles. The molecular weight excluding hydrogens is 510 g/mol. The van der Waals surface area contributed by atoms with E-state index in [2.05, 4.69) is 5.32 Å². The molecule has 0 aromatic heterocycles. The summed E-state index contributed by atoms with van der Waals surface area (Å²) in [5, 5.41) is 2.73. The Balaban J connectivity index is 1.29. The van der Waals surface area contributed by atoms with E-state index in [1.807, 2.05) is 0 Å². The first-order chi connectivity index (χ1) is 18.8. The van der Waals surface area contributed by atoms with Gasteiger partial charge in [0.15, 0.2) is 6.10 Å². The van der Waals surface area contributed by atoms with Crippen LogP contribution in [0.4, 0.5) is 15.3 Å². The molecule has 39 heavy (non-hydrogen) atoms. The van der Waals surface area contributed by atoms with Gasteiger partial charge in [-0.3, -0.25) is 0 Å². The van der Waals surface area contributed by atoms with Gasteiger partial charge in [0.2, 0.25) is 0 Å². The van der Waals surface area contributed by atoms with E-state index in [0.717, 1.165) is 5.75 Å². The number of carbonyl (C=O) groups is 4. The fourth-order valence-corrected chi connectivity index (χ4v) is 4.54. The highest BCUT2D eigenvalue weighted by Crippen LogP contribution is 2.25. The maximum atomic E-state index is 12.9. The Labute approximate surface area is 225 Å². The van der Waals surface area contributed by atoms with Crippen LogP contribution in [0.3, 0.4) is 0 Å². The molecule has 0 aliphatic carbocycles. The normalized spacial score (nSPS) is 17.3. The number of anilines is 1. The Morgan fingerprint density at radius 1 is 0.923 bits per heavy atom. The molecule has 2 aliphatic rings. The number of amides is 3. The van der Waals surface area contributed by atoms with Gasteiger partial charge in [-0.05, 0) is 55.3 Å². The van der Waals surface area contributed by atoms with Gasteiger partial charge in [0, 0.05) is 24.8 Å². The summed E-state index contributed by atoms with van der Waals surface area (Å²) in [7, 11) is 4.04. The van der Waals surface area contributed by atoms with E-state index in [9.17, 15) is 19.2 Å². The van der Waals surface area contributed by atoms with Crippen LogP contribution in [0.25, 0.3) is 0 Å². The average Bonchev–Trinajstić information content (AvgIpc) is 3.35. The summed E-state index contributed by atoms with van der Waals surface area (Å²) in [4.78, 5) is 52.8. The van der Waals surface area contributed by atoms with Gasteiger partial charge in [-0.15, -0.1) is 0 Å². The molecule has 1 N–H and O–H groups in total. The largest absolute Gasteiger partial charge is 0.497 e. The van der Waals surface area contributed by atoms with Crippen LogP contribution >= 0.6 is 0 Å². The number of nitrogens with one attached hydrogen (secondary N) is 1. The third-order valence-corrected chi connectivity index (χ3v) is 6.62. The quantitative estimate of drug-likeness (QED) is 0.395. The maximum Gasteiger partial charge on any atom is 0.410 e. The summed E-state index contributed by atoms with van der Waals surface area (Å²) >= 11 is 0. The summed E-state index contributed by atoms with van der Waals surface area (Å²) < 4.78 is 25.9. The van der Waals surface area contributed by atoms with Crippen LogP contribution in [0, 0.1) is 0 Å². The molecule has 12 heteroatoms. The topological polar surface area (TPSA) is 133 Å². The molecule has 2 saturated heterocycles. The zero-order chi connectivity index (χ0) is 27.9. The second-order valence-electron chi connectivity index (χ2n) is 9.08. The lowest BCUT2D eigenvalue weighted by molar-refractivity contribution is 0.0599. The number of esters is 2. The number of likely N-dealkylation sites (tertiary alicyclic amines) is 1. The van der Waals surface area contributed by atoms with Crippen molar-refractivity contribution in [3.63, 3.8) is 0 Å². The van der Waals surface area contributed by atoms with Crippen molar-refractivity contribution in [3.8, 4) is 11.5 Å². The molecular formula is C27H31N3O9. The van der Waals surface area contributed by atoms with Crippen LogP contribution in [-0.4, -0.2) is 93.6 Å². The molecule has 208 valence electrons. The van der Waals surface area contributed by atoms with Gasteiger partial charge in [-0.2, -0.15) is 0 Å². The zero-order valence-electron chi connectivity index (χ0n) is 22.0. The van der Waals surface area contributed by atoms with E-state index in [0.29, 0.717) is 38.2 Å². The van der Waals surface area contributed by atoms with E-state index in [4.69, 9.17) is 23.7 Å². The fourth-order valence-electron chi connectivity index (χ4n) is 4.54. The number of cyclic esters (lactones) is 1. The molecule has 2 fully saturated rings. The number of nitrogens with zero attached hydrogens (tertiary/aromatic N) is 2. The van der Waals surface area contributed by atoms with Crippen molar-refractivity contribution in [1.82, 2.24) is 9.80 Å². The Hall–Kier alpha value is -4.48. The number of hydrogen-bond donors (Lipinski definition) is 1. The van der Waals surface area contributed by atoms with Gasteiger partial charge >= 0.3 is 24.1 Å². The lowest BCUT2D eigenvalue weighted by Crippen LogP contribution is -2.48. The molecule has 4 rings (SSSR count). The highest BCUT2D eigenvalue weighted by atomic mass is 16.6. The zero-order valence-corrected chi connectivity index (χ0v) is 22.0. The minimum Gasteiger partial charge on any atom is -0.497 e. The molecule has 1 atom stereocenters. The van der Waals surface area contributed by atoms with E-state index >= 15 is 0 Å². The van der Waals surface area contributed by atoms with Gasteiger partial charge in [0.05, 0.1) is 39.0 Å². The molecule has 0 saturated carbocycles. The van der Waals surface area contributed by atoms with Gasteiger partial charge < -0.3 is 38.8 Å². The van der Waals surface area contributed by atoms with Crippen LogP contribution in [0.5, 0.6) is 11.5 Å². The Kier molecular flexibility index (Phi) is 8.74. The first-order valence-electron chi connectivity index (χ1n) is 12.4. The SMILES string of the molecule is COC(=O)c1cc(NC(=O)N2CCC(N3CC(COc4ccc(OC)cc4)OC3=O)CC2)cc(C(=O)OC)c1. The monoisotopic (exact) mass is 541 g/mol. The summed E-state index contributed by atoms with van der Waals surface area (Å²) in [5.41, 5.74) is 0.466. The first kappa shape index (κ1) is 27.6. The lowest BCUT2D eigenvalue weighted by Gasteiger charge is -2.35. The highest BCUT2D eigenvalue weighted by Gasteiger charge is 2.38. The number of methoxy groups -OCH3 is 3. The molecule has 2 aromatic rings. The molecule has 3 amide bonds. The summed E-state index contributed by atoms with van der Waals surface area (Å²) in [5.74, 6) is 0.0755. The van der Waals surface area contributed by atoms with Crippen LogP contribution < -0.4 is 14.8 Å². The summed E-state index contributed by atoms with van der Waals surface area (Å²) in [6.07, 6.45) is 0.359. The van der Waals surface area contributed by atoms with Crippen molar-refractivity contribution >= 4 is 29.8 Å². The Morgan fingerprint density at radius 3 is 2.08 bits per heavy atom. The number of rotatable bonds is 8. The van der Waals surface area contributed by atoms with Crippen molar-refractivity contribution in [3.05, 3.63) is 53.6 Å². The standard InChI is InChI=1S/C27H31N3O9/c1-35-21-4-6-22(7-5-21)38-16-23-15-30(27(34)39-23)20-8-10-29(11-9-20)26(33)28-19-13-17(24(31)36-2)12-18(14-19)25(32)37-3/h4-7,12-14,20,23H,8-11,15-16H2,1-3H3,(H,28,33). The molecule has 2 aliphatic heterocycles. The third kappa shape index (κ3) is 6.70. The minimum atomic E-state index is -0.651. The summed E-state index contributed by atoms with van der Waals surface area (Å²) in [6, 6.07) is 10.9. The van der Waals surface area contributed by atoms with Crippen LogP contribution in [-0.2, 0) is 14.2 Å². The number of carbonyl (C=O) groups excluding carboxylic acids is 4. The fraction of sp³-hybridized carbons (Fsp3) is 0.407. The Morgan fingerprint density at radius 2 is 1.51 bits per heavy atom. The molecule has 0 spiro atoms. The van der Waals surface area contributed by atoms with Crippen LogP contribution in [0.15, 0.2) is 42.5 Å². The third-order valence-electron chi connectivity index (χ3n) is 6.62. The van der Waals surface area contributed by atoms with Crippen molar-refractivity contribution < 1.29 is 42.9 Å². The predicted molar refractivity (Wildman–Crippen MR) is 138 cm³/mol. The Bertz CT molecular complexity index is 1180. The molecule has 1 unspecified atom stereocenters. The maximum absolute atomic E-state index is 12.9. The summed E-state index contributed by atoms with van der Waals surface area (Å²) in [6.45, 7) is 1.46. The smallest absolute Gasteiger partial charge is 0.410 e. The average molecular weight is 542 g/mol. The van der Waals surface area contributed by atoms with E-state index < -0.39 is 24.1 Å². The predicted octanol–water partition coefficient (Wildman–Crippen LogP) is 3.16. The van der Waals surface area contributed by atoms with Gasteiger partial charge in [0.1, 0.15) is 18.1 Å². The first-order valence-corrected chi connectivity index (χ1v) is 12.4. The van der Waals surface area contributed by atoms with Crippen molar-refractivity contribution in [2.75, 3.05) is 52.9 Å².